The molecule has 0 saturated heterocycles. The number of hydrogen-bond acceptors (Lipinski definition) is 8. The third-order valence-corrected chi connectivity index (χ3v) is 7.51. The molecule has 2 aromatic carbocycles. The maximum Gasteiger partial charge on any atom is 0.263 e. The zero-order valence-electron chi connectivity index (χ0n) is 18.5. The number of para-hydroxylation sites is 1. The second-order valence-electron chi connectivity index (χ2n) is 8.38. The molecule has 3 aromatic rings. The molecular formula is C23H26N8O2S. The van der Waals surface area contributed by atoms with E-state index < -0.39 is 15.7 Å². The van der Waals surface area contributed by atoms with E-state index >= 15 is 0 Å². The molecule has 1 aromatic heterocycles. The van der Waals surface area contributed by atoms with Gasteiger partial charge in [0, 0.05) is 11.8 Å². The van der Waals surface area contributed by atoms with Gasteiger partial charge in [-0.2, -0.15) is 10.1 Å². The number of rotatable bonds is 5. The van der Waals surface area contributed by atoms with Crippen LogP contribution < -0.4 is 21.1 Å². The number of nitrogens with zero attached hydrogens (tertiary/aromatic N) is 5. The molecule has 0 bridgehead atoms. The van der Waals surface area contributed by atoms with Crippen LogP contribution in [0.1, 0.15) is 32.1 Å². The van der Waals surface area contributed by atoms with E-state index in [2.05, 4.69) is 19.8 Å². The summed E-state index contributed by atoms with van der Waals surface area (Å²) in [5, 5.41) is 4.24. The number of guanidine groups is 2. The monoisotopic (exact) mass is 478 g/mol. The minimum Gasteiger partial charge on any atom is -0.369 e. The molecule has 0 amide bonds. The zero-order chi connectivity index (χ0) is 23.8. The van der Waals surface area contributed by atoms with Gasteiger partial charge in [0.25, 0.3) is 10.0 Å². The molecule has 5 rings (SSSR count). The average Bonchev–Trinajstić information content (AvgIpc) is 3.27. The Balaban J connectivity index is 1.42. The van der Waals surface area contributed by atoms with Crippen LogP contribution >= 0.6 is 0 Å². The Bertz CT molecular complexity index is 1340. The maximum atomic E-state index is 13.1. The van der Waals surface area contributed by atoms with Gasteiger partial charge in [-0.3, -0.25) is 9.62 Å². The number of aliphatic imine (C=N–C) groups is 2. The van der Waals surface area contributed by atoms with Crippen LogP contribution in [0.15, 0.2) is 81.7 Å². The smallest absolute Gasteiger partial charge is 0.263 e. The minimum absolute atomic E-state index is 0.116. The molecule has 1 fully saturated rings. The van der Waals surface area contributed by atoms with Crippen LogP contribution in [0.2, 0.25) is 0 Å². The van der Waals surface area contributed by atoms with E-state index in [-0.39, 0.29) is 16.8 Å². The lowest BCUT2D eigenvalue weighted by molar-refractivity contribution is 0.305. The maximum absolute atomic E-state index is 13.1. The fourth-order valence-corrected chi connectivity index (χ4v) is 5.66. The van der Waals surface area contributed by atoms with Crippen LogP contribution in [0.4, 0.5) is 11.5 Å². The first-order chi connectivity index (χ1) is 16.4. The summed E-state index contributed by atoms with van der Waals surface area (Å²) in [7, 11) is -3.86. The quantitative estimate of drug-likeness (QED) is 0.514. The van der Waals surface area contributed by atoms with Crippen LogP contribution in [-0.2, 0) is 10.0 Å². The minimum atomic E-state index is -3.86. The topological polar surface area (TPSA) is 144 Å². The number of anilines is 2. The molecule has 5 N–H and O–H groups in total. The second kappa shape index (κ2) is 8.49. The van der Waals surface area contributed by atoms with Crippen molar-refractivity contribution in [2.75, 3.05) is 9.62 Å². The number of sulfonamides is 1. The fraction of sp³-hybridized carbons (Fsp3) is 0.261. The van der Waals surface area contributed by atoms with Gasteiger partial charge in [-0.05, 0) is 62.1 Å². The molecule has 1 saturated carbocycles. The van der Waals surface area contributed by atoms with Gasteiger partial charge in [0.2, 0.25) is 11.9 Å². The predicted molar refractivity (Wildman–Crippen MR) is 132 cm³/mol. The predicted octanol–water partition coefficient (Wildman–Crippen LogP) is 2.78. The molecule has 11 heteroatoms. The second-order valence-corrected chi connectivity index (χ2v) is 10.1. The summed E-state index contributed by atoms with van der Waals surface area (Å²) in [4.78, 5) is 10.8. The Labute approximate surface area is 198 Å². The van der Waals surface area contributed by atoms with E-state index in [0.717, 1.165) is 37.8 Å². The largest absolute Gasteiger partial charge is 0.369 e. The molecule has 1 aliphatic carbocycles. The summed E-state index contributed by atoms with van der Waals surface area (Å²) in [6.45, 7) is 0. The Kier molecular flexibility index (Phi) is 5.48. The van der Waals surface area contributed by atoms with Gasteiger partial charge in [0.1, 0.15) is 11.5 Å². The van der Waals surface area contributed by atoms with Crippen LogP contribution in [0.25, 0.3) is 5.69 Å². The van der Waals surface area contributed by atoms with Crippen LogP contribution in [0.5, 0.6) is 0 Å². The lowest BCUT2D eigenvalue weighted by Crippen LogP contribution is -2.58. The van der Waals surface area contributed by atoms with Crippen molar-refractivity contribution >= 4 is 33.4 Å². The summed E-state index contributed by atoms with van der Waals surface area (Å²) in [6.07, 6.45) is 6.29. The van der Waals surface area contributed by atoms with Crippen molar-refractivity contribution < 1.29 is 8.42 Å². The van der Waals surface area contributed by atoms with Crippen molar-refractivity contribution in [2.24, 2.45) is 21.5 Å². The number of aromatic nitrogens is 2. The molecule has 0 atom stereocenters. The molecule has 10 nitrogen and oxygen atoms in total. The standard InChI is InChI=1S/C23H26N8O2S/c24-21-27-22(25)30(23(28-21)14-5-2-6-15-23)17-9-11-19(12-10-17)34(32,33)29-20-13-16-26-31(20)18-7-3-1-4-8-18/h1,3-4,7-13,16,29H,2,5-6,14-15H2,(H4,24,25,27,28). The molecule has 1 aliphatic heterocycles. The fourth-order valence-electron chi connectivity index (χ4n) is 4.62. The van der Waals surface area contributed by atoms with Crippen molar-refractivity contribution in [3.63, 3.8) is 0 Å². The number of hydrogen-bond donors (Lipinski definition) is 3. The van der Waals surface area contributed by atoms with Gasteiger partial charge >= 0.3 is 0 Å². The summed E-state index contributed by atoms with van der Waals surface area (Å²) < 4.78 is 30.4. The summed E-state index contributed by atoms with van der Waals surface area (Å²) in [6, 6.07) is 17.5. The summed E-state index contributed by atoms with van der Waals surface area (Å²) in [5.74, 6) is 0.776. The lowest BCUT2D eigenvalue weighted by Gasteiger charge is -2.45. The van der Waals surface area contributed by atoms with Gasteiger partial charge in [-0.1, -0.05) is 24.6 Å². The molecule has 2 aliphatic rings. The Hall–Kier alpha value is -3.86. The molecule has 176 valence electrons. The SMILES string of the molecule is NC1=NC2(CCCCC2)N(c2ccc(S(=O)(=O)Nc3ccnn3-c3ccccc3)cc2)C(N)=N1. The van der Waals surface area contributed by atoms with Gasteiger partial charge < -0.3 is 11.5 Å². The van der Waals surface area contributed by atoms with E-state index in [1.807, 2.05) is 35.2 Å². The van der Waals surface area contributed by atoms with E-state index in [4.69, 9.17) is 11.5 Å². The first-order valence-electron chi connectivity index (χ1n) is 11.1. The van der Waals surface area contributed by atoms with Gasteiger partial charge in [-0.15, -0.1) is 0 Å². The highest BCUT2D eigenvalue weighted by atomic mass is 32.2. The number of nitrogens with one attached hydrogen (secondary N) is 1. The van der Waals surface area contributed by atoms with Crippen molar-refractivity contribution in [1.29, 1.82) is 0 Å². The van der Waals surface area contributed by atoms with E-state index in [9.17, 15) is 8.42 Å². The third kappa shape index (κ3) is 3.98. The first-order valence-corrected chi connectivity index (χ1v) is 12.6. The molecule has 0 radical (unpaired) electrons. The lowest BCUT2D eigenvalue weighted by atomic mass is 9.87. The van der Waals surface area contributed by atoms with E-state index in [1.165, 1.54) is 4.68 Å². The third-order valence-electron chi connectivity index (χ3n) is 6.14. The normalized spacial score (nSPS) is 17.8. The highest BCUT2D eigenvalue weighted by Crippen LogP contribution is 2.39. The molecule has 2 heterocycles. The molecular weight excluding hydrogens is 452 g/mol. The van der Waals surface area contributed by atoms with Crippen LogP contribution in [0, 0.1) is 0 Å². The summed E-state index contributed by atoms with van der Waals surface area (Å²) in [5.41, 5.74) is 13.1. The highest BCUT2D eigenvalue weighted by Gasteiger charge is 2.42. The Morgan fingerprint density at radius 3 is 2.29 bits per heavy atom. The van der Waals surface area contributed by atoms with Crippen LogP contribution in [0.3, 0.4) is 0 Å². The van der Waals surface area contributed by atoms with Crippen molar-refractivity contribution in [1.82, 2.24) is 9.78 Å². The number of benzene rings is 2. The Morgan fingerprint density at radius 2 is 1.59 bits per heavy atom. The van der Waals surface area contributed by atoms with Crippen molar-refractivity contribution in [2.45, 2.75) is 42.7 Å². The van der Waals surface area contributed by atoms with Gasteiger partial charge in [-0.25, -0.2) is 18.1 Å². The van der Waals surface area contributed by atoms with Gasteiger partial charge in [0.15, 0.2) is 0 Å². The molecule has 0 unspecified atom stereocenters. The van der Waals surface area contributed by atoms with Crippen molar-refractivity contribution in [3.8, 4) is 5.69 Å². The van der Waals surface area contributed by atoms with Crippen molar-refractivity contribution in [3.05, 3.63) is 66.9 Å². The van der Waals surface area contributed by atoms with Crippen LogP contribution in [-0.4, -0.2) is 35.8 Å². The average molecular weight is 479 g/mol. The van der Waals surface area contributed by atoms with Gasteiger partial charge in [0.05, 0.1) is 16.8 Å². The Morgan fingerprint density at radius 1 is 0.882 bits per heavy atom. The molecule has 34 heavy (non-hydrogen) atoms. The first kappa shape index (κ1) is 22.0. The molecule has 1 spiro atoms. The van der Waals surface area contributed by atoms with E-state index in [1.54, 1.807) is 36.5 Å². The van der Waals surface area contributed by atoms with E-state index in [0.29, 0.717) is 11.5 Å². The number of nitrogens with two attached hydrogens (primary N) is 2. The summed E-state index contributed by atoms with van der Waals surface area (Å²) >= 11 is 0. The highest BCUT2D eigenvalue weighted by molar-refractivity contribution is 7.92. The zero-order valence-corrected chi connectivity index (χ0v) is 19.3.